The van der Waals surface area contributed by atoms with E-state index in [0.29, 0.717) is 0 Å². The molecule has 0 aliphatic carbocycles. The van der Waals surface area contributed by atoms with E-state index in [-0.39, 0.29) is 19.1 Å². The highest BCUT2D eigenvalue weighted by atomic mass is 16.7. The van der Waals surface area contributed by atoms with Crippen LogP contribution in [0, 0.1) is 5.92 Å². The van der Waals surface area contributed by atoms with E-state index < -0.39 is 5.97 Å². The lowest BCUT2D eigenvalue weighted by Gasteiger charge is -2.40. The number of aromatic nitrogens is 1. The molecule has 0 unspecified atom stereocenters. The van der Waals surface area contributed by atoms with Crippen LogP contribution in [0.25, 0.3) is 10.8 Å². The van der Waals surface area contributed by atoms with Crippen LogP contribution in [-0.4, -0.2) is 35.9 Å². The first kappa shape index (κ1) is 12.3. The topological polar surface area (TPSA) is 71.9 Å². The van der Waals surface area contributed by atoms with Crippen molar-refractivity contribution in [1.82, 2.24) is 4.98 Å². The Morgan fingerprint density at radius 2 is 2.10 bits per heavy atom. The molecule has 0 atom stereocenters. The number of carbonyl (C=O) groups is 1. The Morgan fingerprint density at radius 3 is 2.86 bits per heavy atom. The van der Waals surface area contributed by atoms with Gasteiger partial charge in [0.25, 0.3) is 0 Å². The number of hydrogen-bond acceptors (Lipinski definition) is 5. The van der Waals surface area contributed by atoms with Crippen molar-refractivity contribution in [2.75, 3.05) is 24.8 Å². The third-order valence-electron chi connectivity index (χ3n) is 3.96. The van der Waals surface area contributed by atoms with Gasteiger partial charge in [0.1, 0.15) is 5.82 Å². The van der Waals surface area contributed by atoms with Crippen LogP contribution in [0.4, 0.5) is 5.82 Å². The summed E-state index contributed by atoms with van der Waals surface area (Å²) < 4.78 is 10.8. The Morgan fingerprint density at radius 1 is 1.33 bits per heavy atom. The third kappa shape index (κ3) is 2.03. The summed E-state index contributed by atoms with van der Waals surface area (Å²) in [6.07, 6.45) is 1.98. The molecule has 6 nitrogen and oxygen atoms in total. The predicted octanol–water partition coefficient (Wildman–Crippen LogP) is 1.87. The lowest BCUT2D eigenvalue weighted by atomic mass is 9.95. The van der Waals surface area contributed by atoms with Gasteiger partial charge in [-0.15, -0.1) is 0 Å². The van der Waals surface area contributed by atoms with Gasteiger partial charge in [0.2, 0.25) is 6.79 Å². The summed E-state index contributed by atoms with van der Waals surface area (Å²) in [5.74, 6) is 1.83. The second-order valence-corrected chi connectivity index (χ2v) is 5.43. The van der Waals surface area contributed by atoms with Crippen molar-refractivity contribution < 1.29 is 19.4 Å². The molecule has 0 amide bonds. The van der Waals surface area contributed by atoms with E-state index in [1.165, 1.54) is 0 Å². The summed E-state index contributed by atoms with van der Waals surface area (Å²) in [7, 11) is 0. The summed E-state index contributed by atoms with van der Waals surface area (Å²) in [6.45, 7) is 1.71. The van der Waals surface area contributed by atoms with Gasteiger partial charge in [-0.1, -0.05) is 0 Å². The number of rotatable bonds is 3. The normalized spacial score (nSPS) is 17.0. The number of carboxylic acid groups (broad SMARTS) is 1. The highest BCUT2D eigenvalue weighted by molar-refractivity contribution is 5.95. The quantitative estimate of drug-likeness (QED) is 0.928. The molecule has 0 spiro atoms. The van der Waals surface area contributed by atoms with Gasteiger partial charge in [-0.2, -0.15) is 0 Å². The summed E-state index contributed by atoms with van der Waals surface area (Å²) in [4.78, 5) is 17.3. The number of carboxylic acids is 1. The molecule has 0 saturated carbocycles. The van der Waals surface area contributed by atoms with Gasteiger partial charge in [-0.3, -0.25) is 4.79 Å². The molecule has 108 valence electrons. The summed E-state index contributed by atoms with van der Waals surface area (Å²) in [5, 5.41) is 10.9. The Bertz CT molecular complexity index is 725. The lowest BCUT2D eigenvalue weighted by Crippen LogP contribution is -2.48. The van der Waals surface area contributed by atoms with Crippen LogP contribution in [0.3, 0.4) is 0 Å². The Balaban J connectivity index is 1.66. The molecule has 0 bridgehead atoms. The highest BCUT2D eigenvalue weighted by Gasteiger charge is 2.30. The smallest absolute Gasteiger partial charge is 0.303 e. The number of anilines is 1. The van der Waals surface area contributed by atoms with Gasteiger partial charge >= 0.3 is 5.97 Å². The SMILES string of the molecule is O=C(O)CC1CN(c2nccc3cc4c(cc23)OCO4)C1. The maximum absolute atomic E-state index is 10.7. The van der Waals surface area contributed by atoms with Crippen LogP contribution in [-0.2, 0) is 4.79 Å². The fourth-order valence-corrected chi connectivity index (χ4v) is 2.92. The van der Waals surface area contributed by atoms with E-state index in [2.05, 4.69) is 9.88 Å². The van der Waals surface area contributed by atoms with Crippen molar-refractivity contribution in [3.63, 3.8) is 0 Å². The van der Waals surface area contributed by atoms with E-state index in [0.717, 1.165) is 41.2 Å². The molecule has 2 aliphatic rings. The number of ether oxygens (including phenoxy) is 2. The number of hydrogen-bond donors (Lipinski definition) is 1. The molecule has 1 aromatic carbocycles. The van der Waals surface area contributed by atoms with Crippen LogP contribution < -0.4 is 14.4 Å². The van der Waals surface area contributed by atoms with Crippen LogP contribution in [0.1, 0.15) is 6.42 Å². The number of pyridine rings is 1. The van der Waals surface area contributed by atoms with E-state index >= 15 is 0 Å². The predicted molar refractivity (Wildman–Crippen MR) is 75.8 cm³/mol. The van der Waals surface area contributed by atoms with Crippen LogP contribution in [0.2, 0.25) is 0 Å². The monoisotopic (exact) mass is 286 g/mol. The Hall–Kier alpha value is -2.50. The van der Waals surface area contributed by atoms with Crippen molar-refractivity contribution in [1.29, 1.82) is 0 Å². The minimum atomic E-state index is -0.742. The largest absolute Gasteiger partial charge is 0.481 e. The summed E-state index contributed by atoms with van der Waals surface area (Å²) in [6, 6.07) is 5.84. The molecule has 1 N–H and O–H groups in total. The number of nitrogens with zero attached hydrogens (tertiary/aromatic N) is 2. The first-order valence-corrected chi connectivity index (χ1v) is 6.86. The molecule has 2 aliphatic heterocycles. The average molecular weight is 286 g/mol. The minimum absolute atomic E-state index is 0.202. The van der Waals surface area contributed by atoms with Gasteiger partial charge in [0.05, 0.1) is 6.42 Å². The molecule has 0 radical (unpaired) electrons. The molecule has 1 fully saturated rings. The Kier molecular flexibility index (Phi) is 2.63. The van der Waals surface area contributed by atoms with Gasteiger partial charge in [0, 0.05) is 30.6 Å². The number of aliphatic carboxylic acids is 1. The van der Waals surface area contributed by atoms with Crippen molar-refractivity contribution in [2.24, 2.45) is 5.92 Å². The van der Waals surface area contributed by atoms with E-state index in [1.54, 1.807) is 6.20 Å². The van der Waals surface area contributed by atoms with E-state index in [4.69, 9.17) is 14.6 Å². The van der Waals surface area contributed by atoms with Crippen molar-refractivity contribution >= 4 is 22.6 Å². The average Bonchev–Trinajstić information content (AvgIpc) is 2.86. The maximum Gasteiger partial charge on any atom is 0.303 e. The highest BCUT2D eigenvalue weighted by Crippen LogP contribution is 2.39. The lowest BCUT2D eigenvalue weighted by molar-refractivity contribution is -0.138. The van der Waals surface area contributed by atoms with E-state index in [1.807, 2.05) is 18.2 Å². The molecule has 6 heteroatoms. The zero-order chi connectivity index (χ0) is 14.4. The van der Waals surface area contributed by atoms with Crippen LogP contribution >= 0.6 is 0 Å². The fourth-order valence-electron chi connectivity index (χ4n) is 2.92. The molecule has 3 heterocycles. The fraction of sp³-hybridized carbons (Fsp3) is 0.333. The third-order valence-corrected chi connectivity index (χ3v) is 3.96. The van der Waals surface area contributed by atoms with Gasteiger partial charge in [-0.05, 0) is 23.6 Å². The first-order chi connectivity index (χ1) is 10.2. The summed E-state index contributed by atoms with van der Waals surface area (Å²) >= 11 is 0. The standard InChI is InChI=1S/C15H14N2O4/c18-14(19)3-9-6-17(7-9)15-11-5-13-12(20-8-21-13)4-10(11)1-2-16-15/h1-2,4-5,9H,3,6-8H2,(H,18,19). The second kappa shape index (κ2) is 4.51. The zero-order valence-electron chi connectivity index (χ0n) is 11.3. The molecule has 1 aromatic heterocycles. The summed E-state index contributed by atoms with van der Waals surface area (Å²) in [5.41, 5.74) is 0. The van der Waals surface area contributed by atoms with Crippen molar-refractivity contribution in [2.45, 2.75) is 6.42 Å². The minimum Gasteiger partial charge on any atom is -0.481 e. The van der Waals surface area contributed by atoms with Crippen LogP contribution in [0.15, 0.2) is 24.4 Å². The molecule has 21 heavy (non-hydrogen) atoms. The van der Waals surface area contributed by atoms with Crippen LogP contribution in [0.5, 0.6) is 11.5 Å². The zero-order valence-corrected chi connectivity index (χ0v) is 11.3. The molecule has 1 saturated heterocycles. The Labute approximate surface area is 120 Å². The maximum atomic E-state index is 10.7. The van der Waals surface area contributed by atoms with Gasteiger partial charge in [-0.25, -0.2) is 4.98 Å². The number of fused-ring (bicyclic) bond motifs is 2. The molecular weight excluding hydrogens is 272 g/mol. The van der Waals surface area contributed by atoms with Crippen molar-refractivity contribution in [3.8, 4) is 11.5 Å². The number of benzene rings is 1. The molecular formula is C15H14N2O4. The van der Waals surface area contributed by atoms with Gasteiger partial charge in [0.15, 0.2) is 11.5 Å². The molecule has 2 aromatic rings. The van der Waals surface area contributed by atoms with E-state index in [9.17, 15) is 4.79 Å². The van der Waals surface area contributed by atoms with Gasteiger partial charge < -0.3 is 19.5 Å². The van der Waals surface area contributed by atoms with Crippen molar-refractivity contribution in [3.05, 3.63) is 24.4 Å². The first-order valence-electron chi connectivity index (χ1n) is 6.86. The molecule has 4 rings (SSSR count). The second-order valence-electron chi connectivity index (χ2n) is 5.43.